The molecular weight excluding hydrogens is 1110 g/mol. The van der Waals surface area contributed by atoms with E-state index in [-0.39, 0.29) is 44.5 Å². The van der Waals surface area contributed by atoms with E-state index in [9.17, 15) is 39.9 Å². The number of nitrogens with one attached hydrogen (secondary N) is 1. The van der Waals surface area contributed by atoms with Gasteiger partial charge in [0, 0.05) is 115 Å². The molecule has 454 valence electrons. The minimum Gasteiger partial charge on any atom is -0.507 e. The highest BCUT2D eigenvalue weighted by Gasteiger charge is 2.50. The minimum absolute atomic E-state index is 0.0559. The van der Waals surface area contributed by atoms with E-state index in [1.165, 1.54) is 118 Å². The Balaban J connectivity index is 0.000000303. The van der Waals surface area contributed by atoms with Crippen molar-refractivity contribution in [1.29, 1.82) is 0 Å². The maximum absolute atomic E-state index is 14.4. The fraction of sp³-hybridized carbons (Fsp3) is 0.500. The summed E-state index contributed by atoms with van der Waals surface area (Å²) in [6, 6.07) is 16.5. The van der Waals surface area contributed by atoms with E-state index in [2.05, 4.69) is 80.9 Å². The molecule has 4 aromatic carbocycles. The molecule has 18 nitrogen and oxygen atoms in total. The van der Waals surface area contributed by atoms with Crippen LogP contribution in [-0.2, 0) is 23.8 Å². The number of aromatic hydroxyl groups is 3. The molecule has 2 saturated heterocycles. The van der Waals surface area contributed by atoms with Crippen LogP contribution in [0.25, 0.3) is 10.8 Å². The van der Waals surface area contributed by atoms with Crippen LogP contribution in [0.15, 0.2) is 98.4 Å². The van der Waals surface area contributed by atoms with E-state index in [0.717, 1.165) is 25.7 Å². The Morgan fingerprint density at radius 1 is 0.893 bits per heavy atom. The lowest BCUT2D eigenvalue weighted by Gasteiger charge is -2.38. The van der Waals surface area contributed by atoms with Gasteiger partial charge in [0.05, 0.1) is 64.4 Å². The molecule has 0 spiro atoms. The van der Waals surface area contributed by atoms with E-state index in [1.54, 1.807) is 44.9 Å². The minimum atomic E-state index is -2.04. The molecular formula is C64H84N6O12S2. The van der Waals surface area contributed by atoms with Crippen molar-refractivity contribution in [3.8, 4) is 23.0 Å². The van der Waals surface area contributed by atoms with Crippen LogP contribution < -0.4 is 15.0 Å². The quantitative estimate of drug-likeness (QED) is 0.0317. The number of fused-ring (bicyclic) bond motifs is 16. The number of benzene rings is 4. The number of esters is 1. The van der Waals surface area contributed by atoms with Crippen molar-refractivity contribution in [2.24, 2.45) is 28.8 Å². The van der Waals surface area contributed by atoms with Crippen LogP contribution in [0, 0.1) is 30.6 Å². The predicted molar refractivity (Wildman–Crippen MR) is 331 cm³/mol. The Morgan fingerprint density at radius 2 is 1.61 bits per heavy atom. The Bertz CT molecular complexity index is 3200. The van der Waals surface area contributed by atoms with Crippen molar-refractivity contribution in [1.82, 2.24) is 14.8 Å². The highest BCUT2D eigenvalue weighted by atomic mass is 32.2. The monoisotopic (exact) mass is 1190 g/mol. The molecule has 4 aromatic rings. The fourth-order valence-corrected chi connectivity index (χ4v) is 13.4. The number of ether oxygens (including phenoxy) is 4. The molecule has 6 heterocycles. The van der Waals surface area contributed by atoms with E-state index in [1.807, 2.05) is 30.6 Å². The van der Waals surface area contributed by atoms with Crippen LogP contribution in [-0.4, -0.2) is 167 Å². The molecule has 0 aliphatic carbocycles. The van der Waals surface area contributed by atoms with Crippen molar-refractivity contribution in [2.45, 2.75) is 132 Å². The number of anilines is 3. The van der Waals surface area contributed by atoms with Crippen LogP contribution in [0.4, 0.5) is 17.1 Å². The number of piperidine rings is 1. The number of piperazine rings is 1. The summed E-state index contributed by atoms with van der Waals surface area (Å²) in [5.74, 6) is -8.34. The number of hydrazone groups is 1. The van der Waals surface area contributed by atoms with Gasteiger partial charge in [-0.3, -0.25) is 19.4 Å². The van der Waals surface area contributed by atoms with Gasteiger partial charge < -0.3 is 64.5 Å². The molecule has 84 heavy (non-hydrogen) atoms. The first-order valence-corrected chi connectivity index (χ1v) is 31.0. The smallest absolute Gasteiger partial charge is 0.312 e. The average Bonchev–Trinajstić information content (AvgIpc) is 1.94. The maximum Gasteiger partial charge on any atom is 0.312 e. The van der Waals surface area contributed by atoms with Crippen LogP contribution in [0.2, 0.25) is 0 Å². The number of Topliss-reactive ketones (excluding diaryl/α,β-unsaturated/α-hetero) is 1. The highest BCUT2D eigenvalue weighted by Crippen LogP contribution is 2.55. The van der Waals surface area contributed by atoms with Crippen LogP contribution >= 0.6 is 23.5 Å². The number of allylic oxidation sites excluding steroid dienone is 2. The highest BCUT2D eigenvalue weighted by molar-refractivity contribution is 8.00. The van der Waals surface area contributed by atoms with Crippen molar-refractivity contribution >= 4 is 75.2 Å². The second-order valence-corrected chi connectivity index (χ2v) is 25.1. The molecule has 10 atom stereocenters. The molecule has 6 aliphatic rings. The van der Waals surface area contributed by atoms with Crippen LogP contribution in [0.5, 0.6) is 23.0 Å². The normalized spacial score (nSPS) is 28.5. The van der Waals surface area contributed by atoms with Crippen molar-refractivity contribution in [2.75, 3.05) is 76.9 Å². The Morgan fingerprint density at radius 3 is 2.30 bits per heavy atom. The van der Waals surface area contributed by atoms with Gasteiger partial charge in [-0.1, -0.05) is 76.2 Å². The van der Waals surface area contributed by atoms with Crippen molar-refractivity contribution in [3.63, 3.8) is 0 Å². The first-order valence-electron chi connectivity index (χ1n) is 29.0. The summed E-state index contributed by atoms with van der Waals surface area (Å²) in [7, 11) is 5.72. The van der Waals surface area contributed by atoms with Gasteiger partial charge in [0.15, 0.2) is 5.75 Å². The summed E-state index contributed by atoms with van der Waals surface area (Å²) < 4.78 is 23.6. The maximum atomic E-state index is 14.4. The topological polar surface area (TPSA) is 227 Å². The van der Waals surface area contributed by atoms with Gasteiger partial charge in [-0.2, -0.15) is 5.10 Å². The number of ketones is 1. The molecule has 0 aromatic heterocycles. The number of methoxy groups -OCH3 is 1. The third-order valence-electron chi connectivity index (χ3n) is 17.3. The number of phenolic OH excluding ortho intramolecular Hbond substituents is 3. The molecule has 6 aliphatic heterocycles. The van der Waals surface area contributed by atoms with E-state index in [0.29, 0.717) is 13.1 Å². The lowest BCUT2D eigenvalue weighted by Crippen LogP contribution is -2.46. The predicted octanol–water partition coefficient (Wildman–Crippen LogP) is 10.2. The summed E-state index contributed by atoms with van der Waals surface area (Å²) in [5, 5.41) is 66.8. The van der Waals surface area contributed by atoms with E-state index in [4.69, 9.17) is 18.9 Å². The number of nitrogens with zero attached hydrogens (tertiary/aromatic N) is 5. The fourth-order valence-electron chi connectivity index (χ4n) is 11.9. The number of amides is 1. The molecule has 1 amide bonds. The van der Waals surface area contributed by atoms with Gasteiger partial charge in [-0.05, 0) is 96.4 Å². The number of thioether (sulfide) groups is 1. The van der Waals surface area contributed by atoms with Crippen molar-refractivity contribution < 1.29 is 58.9 Å². The second kappa shape index (κ2) is 27.4. The molecule has 10 rings (SSSR count). The molecule has 2 fully saturated rings. The number of hydrogen-bond acceptors (Lipinski definition) is 19. The van der Waals surface area contributed by atoms with Gasteiger partial charge in [-0.15, -0.1) is 11.8 Å². The average molecular weight is 1190 g/mol. The Labute approximate surface area is 502 Å². The lowest BCUT2D eigenvalue weighted by molar-refractivity contribution is -0.160. The van der Waals surface area contributed by atoms with Crippen LogP contribution in [0.1, 0.15) is 95.6 Å². The summed E-state index contributed by atoms with van der Waals surface area (Å²) in [6.07, 6.45) is 12.3. The summed E-state index contributed by atoms with van der Waals surface area (Å²) in [5.41, 5.74) is 2.41. The number of phenols is 3. The molecule has 0 saturated carbocycles. The zero-order valence-corrected chi connectivity index (χ0v) is 52.1. The number of hydrogen-bond donors (Lipinski definition) is 6. The summed E-state index contributed by atoms with van der Waals surface area (Å²) in [6.45, 7) is 17.4. The standard InChI is InChI=1S/C43H58N4O12.C21H26N2S2/c1-21-12-11-13-22(2)42(55)45-33-28(20-44-47-17-15-46(9)16-18-47)37(52)30-31(38(33)53)36(51)26(6)40-32(30)41(54)43(8,59-40)57-19-14-29(56-10)23(3)39(58-27(7)48)25(5)35(50)24(4)34(21)49;1-22-13-6-5-7-16(22)12-14-23-18-8-3-4-9-20(18)25-21-11-10-17(24-2)15-19(21)23/h11-14,19-21,23-25,29,34-35,39,49-53H,15-18H2,1-10H3,(H,45,55);3-4,8-11,15-16H,5-7,12-14H2,1-2H3/b12-11+,19-14+,22-13-,44-20+;/t21-,23+,24+,25+,29-,34-,35+,39+,43-;/m0./s1. The number of carbonyl (C=O) groups excluding carboxylic acids is 3. The number of aliphatic hydroxyl groups excluding tert-OH is 2. The summed E-state index contributed by atoms with van der Waals surface area (Å²) >= 11 is 3.73. The number of para-hydroxylation sites is 1. The van der Waals surface area contributed by atoms with Gasteiger partial charge in [-0.25, -0.2) is 0 Å². The Kier molecular flexibility index (Phi) is 20.8. The molecule has 6 N–H and O–H groups in total. The van der Waals surface area contributed by atoms with Gasteiger partial charge >= 0.3 is 11.8 Å². The van der Waals surface area contributed by atoms with Crippen molar-refractivity contribution in [3.05, 3.63) is 95.3 Å². The van der Waals surface area contributed by atoms with Gasteiger partial charge in [0.25, 0.3) is 11.7 Å². The first-order chi connectivity index (χ1) is 40.0. The number of carbonyl (C=O) groups is 3. The zero-order valence-electron chi connectivity index (χ0n) is 50.4. The van der Waals surface area contributed by atoms with Crippen LogP contribution in [0.3, 0.4) is 0 Å². The van der Waals surface area contributed by atoms with E-state index < -0.39 is 88.8 Å². The molecule has 1 unspecified atom stereocenters. The largest absolute Gasteiger partial charge is 0.507 e. The molecule has 5 bridgehead atoms. The number of rotatable bonds is 8. The van der Waals surface area contributed by atoms with Gasteiger partial charge in [0.2, 0.25) is 0 Å². The Hall–Kier alpha value is -6.26. The molecule has 20 heteroatoms. The second-order valence-electron chi connectivity index (χ2n) is 23.1. The summed E-state index contributed by atoms with van der Waals surface area (Å²) in [4.78, 5) is 51.9. The third kappa shape index (κ3) is 13.5. The SMILES string of the molecule is CO[C@H]1/C=C/O[C@@]2(C)Oc3c(C)c(O)c4c(O)c(c(/C=N/N5CCN(C)CC5)c(O)c4c3C2=O)NC(=O)/C(C)=C\C=C\[C@H](C)[C@H](O)[C@@H](C)[C@@H](O)[C@@H](C)[C@H](OC(C)=O)[C@@H]1C.CSc1ccc2c(c1)N(CCC1CCCCN1C)c1ccccc1S2. The van der Waals surface area contributed by atoms with E-state index >= 15 is 0 Å². The molecule has 0 radical (unpaired) electrons. The lowest BCUT2D eigenvalue weighted by atomic mass is 9.78. The number of likely N-dealkylation sites (N-methyl/N-ethyl adjacent to an activating group) is 1. The third-order valence-corrected chi connectivity index (χ3v) is 19.2. The first kappa shape index (κ1) is 63.8. The number of likely N-dealkylation sites (tertiary alicyclic amines) is 1. The zero-order chi connectivity index (χ0) is 60.9. The van der Waals surface area contributed by atoms with Gasteiger partial charge in [0.1, 0.15) is 23.4 Å². The number of aliphatic hydroxyl groups is 2.